The van der Waals surface area contributed by atoms with E-state index in [1.54, 1.807) is 6.92 Å². The minimum atomic E-state index is -0.344. The third-order valence-corrected chi connectivity index (χ3v) is 3.80. The highest BCUT2D eigenvalue weighted by Gasteiger charge is 2.16. The average Bonchev–Trinajstić information content (AvgIpc) is 2.47. The molecule has 2 N–H and O–H groups in total. The van der Waals surface area contributed by atoms with Gasteiger partial charge >= 0.3 is 5.97 Å². The monoisotopic (exact) mass is 297 g/mol. The molecular formula is C19H23NO2. The number of carbonyl (C=O) groups is 1. The minimum Gasteiger partial charge on any atom is -0.466 e. The smallest absolute Gasteiger partial charge is 0.307 e. The first-order chi connectivity index (χ1) is 10.5. The van der Waals surface area contributed by atoms with E-state index in [-0.39, 0.29) is 18.4 Å². The van der Waals surface area contributed by atoms with Crippen molar-refractivity contribution < 1.29 is 9.53 Å². The van der Waals surface area contributed by atoms with Gasteiger partial charge in [0.2, 0.25) is 0 Å². The van der Waals surface area contributed by atoms with Gasteiger partial charge < -0.3 is 10.5 Å². The number of benzene rings is 2. The molecule has 2 aromatic carbocycles. The Kier molecular flexibility index (Phi) is 5.34. The summed E-state index contributed by atoms with van der Waals surface area (Å²) in [6.45, 7) is 6.31. The fourth-order valence-electron chi connectivity index (χ4n) is 2.69. The molecule has 0 aliphatic heterocycles. The van der Waals surface area contributed by atoms with Crippen molar-refractivity contribution >= 4 is 5.97 Å². The fourth-order valence-corrected chi connectivity index (χ4v) is 2.69. The van der Waals surface area contributed by atoms with Gasteiger partial charge in [0.25, 0.3) is 0 Å². The third kappa shape index (κ3) is 3.74. The van der Waals surface area contributed by atoms with Crippen LogP contribution in [0.5, 0.6) is 0 Å². The summed E-state index contributed by atoms with van der Waals surface area (Å²) in [5, 5.41) is 0. The molecule has 3 nitrogen and oxygen atoms in total. The summed E-state index contributed by atoms with van der Waals surface area (Å²) in [5.41, 5.74) is 11.9. The van der Waals surface area contributed by atoms with Gasteiger partial charge in [-0.3, -0.25) is 4.79 Å². The molecule has 0 spiro atoms. The van der Waals surface area contributed by atoms with Crippen molar-refractivity contribution in [2.45, 2.75) is 33.2 Å². The molecule has 22 heavy (non-hydrogen) atoms. The van der Waals surface area contributed by atoms with Gasteiger partial charge in [0, 0.05) is 6.04 Å². The molecule has 0 radical (unpaired) electrons. The molecule has 116 valence electrons. The van der Waals surface area contributed by atoms with Crippen LogP contribution in [-0.2, 0) is 9.53 Å². The van der Waals surface area contributed by atoms with Crippen molar-refractivity contribution in [1.82, 2.24) is 0 Å². The van der Waals surface area contributed by atoms with Crippen molar-refractivity contribution in [3.05, 3.63) is 59.2 Å². The quantitative estimate of drug-likeness (QED) is 0.851. The molecule has 0 aliphatic carbocycles. The Morgan fingerprint density at radius 3 is 2.59 bits per heavy atom. The Morgan fingerprint density at radius 1 is 1.18 bits per heavy atom. The Labute approximate surface area is 132 Å². The molecule has 1 atom stereocenters. The normalized spacial score (nSPS) is 12.0. The van der Waals surface area contributed by atoms with Crippen LogP contribution in [0.15, 0.2) is 42.5 Å². The van der Waals surface area contributed by atoms with Gasteiger partial charge in [-0.05, 0) is 43.0 Å². The van der Waals surface area contributed by atoms with Crippen LogP contribution < -0.4 is 5.73 Å². The zero-order valence-corrected chi connectivity index (χ0v) is 13.4. The number of hydrogen-bond donors (Lipinski definition) is 1. The van der Waals surface area contributed by atoms with Crippen LogP contribution in [0.2, 0.25) is 0 Å². The summed E-state index contributed by atoms with van der Waals surface area (Å²) >= 11 is 0. The number of carbonyl (C=O) groups excluding carboxylic acids is 1. The molecule has 0 heterocycles. The number of hydrogen-bond acceptors (Lipinski definition) is 3. The lowest BCUT2D eigenvalue weighted by molar-refractivity contribution is -0.143. The lowest BCUT2D eigenvalue weighted by Gasteiger charge is -2.17. The average molecular weight is 297 g/mol. The highest BCUT2D eigenvalue weighted by Crippen LogP contribution is 2.29. The summed E-state index contributed by atoms with van der Waals surface area (Å²) < 4.78 is 4.99. The highest BCUT2D eigenvalue weighted by molar-refractivity contribution is 5.72. The second kappa shape index (κ2) is 7.23. The van der Waals surface area contributed by atoms with Crippen LogP contribution >= 0.6 is 0 Å². The van der Waals surface area contributed by atoms with E-state index in [4.69, 9.17) is 10.5 Å². The predicted octanol–water partition coefficient (Wildman–Crippen LogP) is 3.92. The molecule has 0 amide bonds. The van der Waals surface area contributed by atoms with Gasteiger partial charge in [-0.15, -0.1) is 0 Å². The van der Waals surface area contributed by atoms with Crippen LogP contribution in [0.1, 0.15) is 36.1 Å². The van der Waals surface area contributed by atoms with E-state index >= 15 is 0 Å². The van der Waals surface area contributed by atoms with E-state index in [9.17, 15) is 4.79 Å². The number of nitrogens with two attached hydrogens (primary N) is 1. The van der Waals surface area contributed by atoms with E-state index < -0.39 is 0 Å². The molecule has 2 rings (SSSR count). The van der Waals surface area contributed by atoms with Crippen LogP contribution in [0.4, 0.5) is 0 Å². The maximum Gasteiger partial charge on any atom is 0.307 e. The first-order valence-electron chi connectivity index (χ1n) is 7.60. The fraction of sp³-hybridized carbons (Fsp3) is 0.316. The van der Waals surface area contributed by atoms with Crippen molar-refractivity contribution in [1.29, 1.82) is 0 Å². The van der Waals surface area contributed by atoms with Crippen molar-refractivity contribution in [2.24, 2.45) is 5.73 Å². The first-order valence-corrected chi connectivity index (χ1v) is 7.60. The molecule has 3 heteroatoms. The third-order valence-electron chi connectivity index (χ3n) is 3.80. The molecule has 0 saturated carbocycles. The summed E-state index contributed by atoms with van der Waals surface area (Å²) in [5.74, 6) is -0.254. The van der Waals surface area contributed by atoms with Gasteiger partial charge in [0.1, 0.15) is 0 Å². The zero-order valence-electron chi connectivity index (χ0n) is 13.4. The Morgan fingerprint density at radius 2 is 1.91 bits per heavy atom. The lowest BCUT2D eigenvalue weighted by Crippen LogP contribution is -2.18. The largest absolute Gasteiger partial charge is 0.466 e. The molecule has 0 bridgehead atoms. The second-order valence-electron chi connectivity index (χ2n) is 5.50. The SMILES string of the molecule is CCOC(=O)CC(N)c1cccc(-c2cccc(C)c2)c1C. The Hall–Kier alpha value is -2.13. The van der Waals surface area contributed by atoms with Gasteiger partial charge in [0.05, 0.1) is 13.0 Å². The summed E-state index contributed by atoms with van der Waals surface area (Å²) in [7, 11) is 0. The molecule has 0 fully saturated rings. The number of esters is 1. The van der Waals surface area contributed by atoms with Crippen LogP contribution in [0.3, 0.4) is 0 Å². The van der Waals surface area contributed by atoms with Crippen LogP contribution in [-0.4, -0.2) is 12.6 Å². The predicted molar refractivity (Wildman–Crippen MR) is 89.5 cm³/mol. The van der Waals surface area contributed by atoms with Crippen LogP contribution in [0, 0.1) is 13.8 Å². The summed E-state index contributed by atoms with van der Waals surface area (Å²) in [4.78, 5) is 11.6. The number of ether oxygens (including phenoxy) is 1. The second-order valence-corrected chi connectivity index (χ2v) is 5.50. The van der Waals surface area contributed by atoms with Gasteiger partial charge in [-0.1, -0.05) is 48.0 Å². The van der Waals surface area contributed by atoms with Gasteiger partial charge in [-0.25, -0.2) is 0 Å². The van der Waals surface area contributed by atoms with Gasteiger partial charge in [-0.2, -0.15) is 0 Å². The van der Waals surface area contributed by atoms with E-state index in [2.05, 4.69) is 44.2 Å². The lowest BCUT2D eigenvalue weighted by atomic mass is 9.91. The maximum atomic E-state index is 11.6. The first kappa shape index (κ1) is 16.2. The van der Waals surface area contributed by atoms with Gasteiger partial charge in [0.15, 0.2) is 0 Å². The van der Waals surface area contributed by atoms with Crippen molar-refractivity contribution in [3.8, 4) is 11.1 Å². The van der Waals surface area contributed by atoms with E-state index in [0.717, 1.165) is 16.7 Å². The molecular weight excluding hydrogens is 274 g/mol. The topological polar surface area (TPSA) is 52.3 Å². The molecule has 2 aromatic rings. The molecule has 0 aromatic heterocycles. The van der Waals surface area contributed by atoms with E-state index in [1.807, 2.05) is 12.1 Å². The van der Waals surface area contributed by atoms with E-state index in [0.29, 0.717) is 6.61 Å². The molecule has 0 aliphatic rings. The number of aryl methyl sites for hydroxylation is 1. The molecule has 0 saturated heterocycles. The van der Waals surface area contributed by atoms with Crippen LogP contribution in [0.25, 0.3) is 11.1 Å². The zero-order chi connectivity index (χ0) is 16.1. The number of rotatable bonds is 5. The minimum absolute atomic E-state index is 0.200. The van der Waals surface area contributed by atoms with Crippen molar-refractivity contribution in [2.75, 3.05) is 6.61 Å². The highest BCUT2D eigenvalue weighted by atomic mass is 16.5. The van der Waals surface area contributed by atoms with E-state index in [1.165, 1.54) is 11.1 Å². The summed E-state index contributed by atoms with van der Waals surface area (Å²) in [6, 6.07) is 14.1. The maximum absolute atomic E-state index is 11.6. The molecule has 1 unspecified atom stereocenters. The Balaban J connectivity index is 2.31. The summed E-state index contributed by atoms with van der Waals surface area (Å²) in [6.07, 6.45) is 0.200. The Bertz CT molecular complexity index is 664. The standard InChI is InChI=1S/C19H23NO2/c1-4-22-19(21)12-18(20)17-10-6-9-16(14(17)3)15-8-5-7-13(2)11-15/h5-11,18H,4,12,20H2,1-3H3. The van der Waals surface area contributed by atoms with Crippen molar-refractivity contribution in [3.63, 3.8) is 0 Å².